The zero-order chi connectivity index (χ0) is 70.4. The number of hydrogen-bond donors (Lipinski definition) is 7. The Hall–Kier alpha value is -10.4. The van der Waals surface area contributed by atoms with Gasteiger partial charge in [-0.05, 0) is 100 Å². The van der Waals surface area contributed by atoms with Crippen LogP contribution in [0.1, 0.15) is 120 Å². The molecule has 5 rings (SSSR count). The number of esters is 2. The number of alkyl halides is 6. The number of amides is 3. The molecule has 16 nitrogen and oxygen atoms in total. The minimum atomic E-state index is -4.91. The predicted octanol–water partition coefficient (Wildman–Crippen LogP) is 9.58. The topological polar surface area (TPSA) is 267 Å². The fourth-order valence-electron chi connectivity index (χ4n) is 7.15. The van der Waals surface area contributed by atoms with Crippen LogP contribution in [0.5, 0.6) is 0 Å². The summed E-state index contributed by atoms with van der Waals surface area (Å²) >= 11 is 0. The number of nitrogens with one attached hydrogen (secondary N) is 3. The molecule has 0 unspecified atom stereocenters. The molecular weight excluding hydrogens is 1230 g/mol. The number of aliphatic carboxylic acids is 2. The summed E-state index contributed by atoms with van der Waals surface area (Å²) in [6, 6.07) is 35.2. The van der Waals surface area contributed by atoms with E-state index in [0.29, 0.717) is 50.0 Å². The molecule has 0 aromatic heterocycles. The Balaban J connectivity index is 0.000000596. The normalized spacial score (nSPS) is 12.4. The third-order valence-electron chi connectivity index (χ3n) is 11.5. The van der Waals surface area contributed by atoms with Crippen LogP contribution >= 0.6 is 0 Å². The third-order valence-corrected chi connectivity index (χ3v) is 11.5. The van der Waals surface area contributed by atoms with Crippen molar-refractivity contribution in [3.05, 3.63) is 179 Å². The van der Waals surface area contributed by atoms with Gasteiger partial charge in [0.25, 0.3) is 0 Å². The lowest BCUT2D eigenvalue weighted by Crippen LogP contribution is -2.42. The van der Waals surface area contributed by atoms with Crippen LogP contribution in [0.2, 0.25) is 0 Å². The second kappa shape index (κ2) is 46.7. The summed E-state index contributed by atoms with van der Waals surface area (Å²) in [7, 11) is 0. The first-order chi connectivity index (χ1) is 44.5. The van der Waals surface area contributed by atoms with Gasteiger partial charge in [-0.1, -0.05) is 132 Å². The Morgan fingerprint density at radius 1 is 0.489 bits per heavy atom. The summed E-state index contributed by atoms with van der Waals surface area (Å²) in [5, 5.41) is 24.4. The van der Waals surface area contributed by atoms with Gasteiger partial charge < -0.3 is 47.1 Å². The van der Waals surface area contributed by atoms with E-state index in [2.05, 4.69) is 69.2 Å². The second-order valence-corrected chi connectivity index (χ2v) is 19.8. The monoisotopic (exact) mass is 1310 g/mol. The lowest BCUT2D eigenvalue weighted by atomic mass is 10.1. The highest BCUT2D eigenvalue weighted by Gasteiger charge is 2.34. The van der Waals surface area contributed by atoms with E-state index in [1.807, 2.05) is 103 Å². The summed E-state index contributed by atoms with van der Waals surface area (Å²) in [6.07, 6.45) is -8.38. The molecule has 0 saturated carbocycles. The predicted molar refractivity (Wildman–Crippen MR) is 342 cm³/mol. The molecular formula is C71H76F7N5O11. The van der Waals surface area contributed by atoms with Crippen molar-refractivity contribution in [3.63, 3.8) is 0 Å². The van der Waals surface area contributed by atoms with Crippen LogP contribution in [0.15, 0.2) is 140 Å². The number of ether oxygens (including phenoxy) is 2. The van der Waals surface area contributed by atoms with E-state index in [9.17, 15) is 64.3 Å². The largest absolute Gasteiger partial charge is 0.480 e. The van der Waals surface area contributed by atoms with Crippen molar-refractivity contribution in [1.82, 2.24) is 16.0 Å². The van der Waals surface area contributed by atoms with Crippen LogP contribution in [-0.4, -0.2) is 114 Å². The maximum atomic E-state index is 14.0. The zero-order valence-electron chi connectivity index (χ0n) is 52.6. The Labute approximate surface area is 543 Å². The van der Waals surface area contributed by atoms with E-state index in [1.54, 1.807) is 38.1 Å². The second-order valence-electron chi connectivity index (χ2n) is 19.8. The number of rotatable bonds is 19. The summed E-state index contributed by atoms with van der Waals surface area (Å²) < 4.78 is 101. The van der Waals surface area contributed by atoms with E-state index in [4.69, 9.17) is 31.2 Å². The highest BCUT2D eigenvalue weighted by atomic mass is 19.4. The van der Waals surface area contributed by atoms with Gasteiger partial charge in [0.05, 0.1) is 18.8 Å². The number of carbonyl (C=O) groups excluding carboxylic acids is 5. The molecule has 5 aromatic rings. The van der Waals surface area contributed by atoms with Gasteiger partial charge in [-0.2, -0.15) is 13.2 Å². The lowest BCUT2D eigenvalue weighted by molar-refractivity contribution is -0.148. The molecule has 0 fully saturated rings. The molecule has 0 aliphatic heterocycles. The zero-order valence-corrected chi connectivity index (χ0v) is 52.6. The van der Waals surface area contributed by atoms with Gasteiger partial charge in [0.15, 0.2) is 18.5 Å². The lowest BCUT2D eigenvalue weighted by Gasteiger charge is -2.16. The van der Waals surface area contributed by atoms with Gasteiger partial charge in [0, 0.05) is 86.7 Å². The molecule has 0 saturated heterocycles. The van der Waals surface area contributed by atoms with Crippen LogP contribution in [-0.2, 0) is 49.2 Å². The quantitative estimate of drug-likeness (QED) is 0.0231. The van der Waals surface area contributed by atoms with Crippen molar-refractivity contribution in [1.29, 1.82) is 0 Å². The van der Waals surface area contributed by atoms with Gasteiger partial charge in [0.2, 0.25) is 17.7 Å². The average molecular weight is 1310 g/mol. The van der Waals surface area contributed by atoms with E-state index in [0.717, 1.165) is 29.7 Å². The fraction of sp³-hybridized carbons (Fsp3) is 0.338. The Morgan fingerprint density at radius 3 is 1.24 bits per heavy atom. The van der Waals surface area contributed by atoms with E-state index in [1.165, 1.54) is 20.8 Å². The van der Waals surface area contributed by atoms with Crippen LogP contribution in [0.4, 0.5) is 30.7 Å². The molecule has 0 bridgehead atoms. The van der Waals surface area contributed by atoms with Crippen LogP contribution in [0, 0.1) is 65.0 Å². The molecule has 0 aliphatic carbocycles. The van der Waals surface area contributed by atoms with Gasteiger partial charge in [-0.25, -0.2) is 27.2 Å². The number of carbonyl (C=O) groups is 7. The Morgan fingerprint density at radius 2 is 0.851 bits per heavy atom. The molecule has 0 radical (unpaired) electrons. The molecule has 23 heteroatoms. The molecule has 0 heterocycles. The number of carboxylic acids is 2. The van der Waals surface area contributed by atoms with E-state index >= 15 is 0 Å². The molecule has 8 atom stereocenters. The Kier molecular flexibility index (Phi) is 40.5. The summed E-state index contributed by atoms with van der Waals surface area (Å²) in [5.41, 5.74) is 12.1. The highest BCUT2D eigenvalue weighted by Crippen LogP contribution is 2.31. The molecule has 0 spiro atoms. The first-order valence-electron chi connectivity index (χ1n) is 29.2. The SMILES string of the molecule is CC(=O)N[C@H](C)C[C@@H](F)C#Cc1ccccc1.CCOC(=O)[C@H](CCC#Cc1ccccc1)NC(C)=O.CCOC(=O)[C@H](C[C@H](F)C#Cc1ccc(F)c(C(F)(F)F)c1)NC(C)=O.N[C@H](CCC#Cc1ccccc1)C(=O)O.N[C@H](C[C@H](F)C#Cc1ccccc1)C(=O)O. The fourth-order valence-corrected chi connectivity index (χ4v) is 7.15. The number of hydrogen-bond acceptors (Lipinski definition) is 11. The van der Waals surface area contributed by atoms with Crippen molar-refractivity contribution >= 4 is 41.6 Å². The van der Waals surface area contributed by atoms with Crippen molar-refractivity contribution in [2.24, 2.45) is 11.5 Å². The van der Waals surface area contributed by atoms with Gasteiger partial charge >= 0.3 is 30.1 Å². The van der Waals surface area contributed by atoms with Crippen molar-refractivity contribution < 1.29 is 84.0 Å². The summed E-state index contributed by atoms with van der Waals surface area (Å²) in [4.78, 5) is 77.0. The molecule has 94 heavy (non-hydrogen) atoms. The first-order valence-corrected chi connectivity index (χ1v) is 29.2. The molecule has 5 aromatic carbocycles. The van der Waals surface area contributed by atoms with Gasteiger partial charge in [-0.3, -0.25) is 24.0 Å². The van der Waals surface area contributed by atoms with E-state index in [-0.39, 0.29) is 42.9 Å². The Bertz CT molecular complexity index is 3490. The van der Waals surface area contributed by atoms with E-state index < -0.39 is 96.4 Å². The molecule has 0 aliphatic rings. The third kappa shape index (κ3) is 39.7. The number of benzene rings is 5. The van der Waals surface area contributed by atoms with Crippen LogP contribution < -0.4 is 27.4 Å². The van der Waals surface area contributed by atoms with Crippen molar-refractivity contribution in [2.75, 3.05) is 13.2 Å². The molecule has 3 amide bonds. The minimum absolute atomic E-state index is 0.0212. The summed E-state index contributed by atoms with van der Waals surface area (Å²) in [6.45, 7) is 9.26. The van der Waals surface area contributed by atoms with Gasteiger partial charge in [-0.15, -0.1) is 0 Å². The van der Waals surface area contributed by atoms with Crippen molar-refractivity contribution in [3.8, 4) is 59.2 Å². The first kappa shape index (κ1) is 81.6. The number of halogens is 7. The van der Waals surface area contributed by atoms with Crippen molar-refractivity contribution in [2.45, 2.75) is 141 Å². The van der Waals surface area contributed by atoms with Crippen LogP contribution in [0.25, 0.3) is 0 Å². The standard InChI is InChI=1S/C17H16F5NO3.C16H19NO3.C14H16FNO.C12H12FNO2.C12H13NO2/c1-3-26-16(25)15(23-10(2)24)9-12(18)6-4-11-5-7-14(19)13(8-11)17(20,21)22;1-3-20-16(19)15(17-13(2)18)12-8-7-11-14-9-5-4-6-10-14;1-11(16-12(2)17)10-14(15)9-8-13-6-4-3-5-7-13;13-10(8-11(14)12(15)16)7-6-9-4-2-1-3-5-9;13-11(12(14)15)9-5-4-8-10-6-2-1-3-7-10/h5,7-8,12,15H,3,9H2,1-2H3,(H,23,24);4-6,9-10,15H,3,8,12H2,1-2H3,(H,17,18);3-7,11,14H,10H2,1-2H3,(H,16,17);1-5,10-11H,8,14H2,(H,15,16);1-3,6-7,11H,5,9,13H2,(H,14,15)/t12-,15+;15-;11-,14+;10-,11-;11-/m10111/s1. The molecule has 500 valence electrons. The summed E-state index contributed by atoms with van der Waals surface area (Å²) in [5.74, 6) is 20.4. The number of nitrogens with two attached hydrogens (primary N) is 2. The maximum absolute atomic E-state index is 14.0. The molecule has 9 N–H and O–H groups in total. The highest BCUT2D eigenvalue weighted by molar-refractivity contribution is 5.84. The van der Waals surface area contributed by atoms with Crippen LogP contribution in [0.3, 0.4) is 0 Å². The van der Waals surface area contributed by atoms with Gasteiger partial charge in [0.1, 0.15) is 30.0 Å². The smallest absolute Gasteiger partial charge is 0.419 e. The maximum Gasteiger partial charge on any atom is 0.419 e. The minimum Gasteiger partial charge on any atom is -0.480 e. The average Bonchev–Trinajstić information content (AvgIpc) is 0.878. The number of carboxylic acid groups (broad SMARTS) is 2.